The molecule has 0 unspecified atom stereocenters. The van der Waals surface area contributed by atoms with E-state index in [2.05, 4.69) is 29.9 Å². The van der Waals surface area contributed by atoms with Gasteiger partial charge in [0.25, 0.3) is 0 Å². The van der Waals surface area contributed by atoms with Crippen LogP contribution in [0.2, 0.25) is 0 Å². The van der Waals surface area contributed by atoms with Gasteiger partial charge in [-0.25, -0.2) is 29.9 Å². The first-order valence-corrected chi connectivity index (χ1v) is 16.8. The predicted molar refractivity (Wildman–Crippen MR) is 190 cm³/mol. The number of rotatable bonds is 4. The maximum Gasteiger partial charge on any atom is 0.250 e. The standard InChI is InChI=1S/C14H9Cl6N3O.C12H5Cl6N3O2/c1-24-9-5-2-8(3-6-9)4-7-10-21-11(13(15,16)17)23-12(22-10)14(18,19)20;13-11(14,15)9-19-8(20-10(21-9)12(16,17)18)5-1-2-6-7(3-5)23-4-22-6/h2-7H,1H3;1-3H,4H2. The first-order valence-electron chi connectivity index (χ1n) is 12.3. The zero-order valence-corrected chi connectivity index (χ0v) is 31.9. The summed E-state index contributed by atoms with van der Waals surface area (Å²) in [5, 5.41) is 0. The molecule has 0 radical (unpaired) electrons. The molecule has 0 aliphatic carbocycles. The molecule has 1 aliphatic rings. The van der Waals surface area contributed by atoms with Gasteiger partial charge in [-0.15, -0.1) is 0 Å². The second-order valence-corrected chi connectivity index (χ2v) is 17.9. The molecule has 21 heteroatoms. The van der Waals surface area contributed by atoms with E-state index >= 15 is 0 Å². The lowest BCUT2D eigenvalue weighted by Crippen LogP contribution is -2.16. The molecule has 0 N–H and O–H groups in total. The highest BCUT2D eigenvalue weighted by Gasteiger charge is 2.35. The lowest BCUT2D eigenvalue weighted by molar-refractivity contribution is 0.174. The van der Waals surface area contributed by atoms with Gasteiger partial charge in [-0.1, -0.05) is 157 Å². The lowest BCUT2D eigenvalue weighted by Gasteiger charge is -2.15. The lowest BCUT2D eigenvalue weighted by atomic mass is 10.2. The number of methoxy groups -OCH3 is 1. The van der Waals surface area contributed by atoms with Crippen molar-refractivity contribution < 1.29 is 14.2 Å². The first-order chi connectivity index (χ1) is 21.7. The number of fused-ring (bicyclic) bond motifs is 1. The van der Waals surface area contributed by atoms with E-state index < -0.39 is 15.2 Å². The van der Waals surface area contributed by atoms with Gasteiger partial charge in [-0.3, -0.25) is 0 Å². The molecular weight excluding hydrogens is 870 g/mol. The van der Waals surface area contributed by atoms with Crippen LogP contribution in [0, 0.1) is 0 Å². The average molecular weight is 884 g/mol. The Morgan fingerprint density at radius 3 is 1.51 bits per heavy atom. The topological polar surface area (TPSA) is 105 Å². The van der Waals surface area contributed by atoms with Crippen LogP contribution in [0.5, 0.6) is 17.2 Å². The summed E-state index contributed by atoms with van der Waals surface area (Å²) in [5.74, 6) is 1.63. The van der Waals surface area contributed by atoms with Crippen LogP contribution in [0.25, 0.3) is 23.5 Å². The number of hydrogen-bond acceptors (Lipinski definition) is 9. The minimum atomic E-state index is -1.90. The molecule has 0 fully saturated rings. The fraction of sp³-hybridized carbons (Fsp3) is 0.231. The van der Waals surface area contributed by atoms with Crippen LogP contribution in [0.1, 0.15) is 34.7 Å². The highest BCUT2D eigenvalue weighted by molar-refractivity contribution is 6.68. The molecule has 250 valence electrons. The Balaban J connectivity index is 0.000000213. The Bertz CT molecular complexity index is 1690. The summed E-state index contributed by atoms with van der Waals surface area (Å²) in [6, 6.07) is 12.4. The van der Waals surface area contributed by atoms with Crippen LogP contribution in [0.3, 0.4) is 0 Å². The fourth-order valence-electron chi connectivity index (χ4n) is 3.40. The number of halogens is 12. The van der Waals surface area contributed by atoms with Crippen molar-refractivity contribution in [1.82, 2.24) is 29.9 Å². The molecule has 2 aromatic heterocycles. The minimum Gasteiger partial charge on any atom is -0.497 e. The Kier molecular flexibility index (Phi) is 12.9. The summed E-state index contributed by atoms with van der Waals surface area (Å²) in [7, 11) is 1.59. The molecule has 0 spiro atoms. The molecular formula is C26H14Cl12N6O3. The number of benzene rings is 2. The monoisotopic (exact) mass is 878 g/mol. The zero-order chi connectivity index (χ0) is 34.8. The number of ether oxygens (including phenoxy) is 3. The number of hydrogen-bond donors (Lipinski definition) is 0. The van der Waals surface area contributed by atoms with Gasteiger partial charge in [-0.2, -0.15) is 0 Å². The van der Waals surface area contributed by atoms with E-state index in [-0.39, 0.29) is 41.7 Å². The Labute approximate surface area is 327 Å². The molecule has 2 aromatic carbocycles. The smallest absolute Gasteiger partial charge is 0.250 e. The zero-order valence-electron chi connectivity index (χ0n) is 22.8. The molecule has 3 heterocycles. The molecule has 0 bridgehead atoms. The maximum atomic E-state index is 5.84. The van der Waals surface area contributed by atoms with Crippen molar-refractivity contribution in [2.24, 2.45) is 0 Å². The quantitative estimate of drug-likeness (QED) is 0.185. The third kappa shape index (κ3) is 11.0. The van der Waals surface area contributed by atoms with Crippen molar-refractivity contribution in [2.45, 2.75) is 15.2 Å². The first kappa shape index (κ1) is 38.9. The predicted octanol–water partition coefficient (Wildman–Crippen LogP) is 10.6. The van der Waals surface area contributed by atoms with Crippen LogP contribution < -0.4 is 14.2 Å². The summed E-state index contributed by atoms with van der Waals surface area (Å²) in [6.45, 7) is 0.134. The van der Waals surface area contributed by atoms with Crippen molar-refractivity contribution in [1.29, 1.82) is 0 Å². The third-order valence-corrected chi connectivity index (χ3v) is 7.50. The van der Waals surface area contributed by atoms with Gasteiger partial charge in [0.1, 0.15) is 5.75 Å². The summed E-state index contributed by atoms with van der Waals surface area (Å²) in [4.78, 5) is 24.2. The Morgan fingerprint density at radius 1 is 0.574 bits per heavy atom. The van der Waals surface area contributed by atoms with Gasteiger partial charge < -0.3 is 14.2 Å². The van der Waals surface area contributed by atoms with Crippen LogP contribution in [-0.2, 0) is 15.2 Å². The van der Waals surface area contributed by atoms with Crippen molar-refractivity contribution >= 4 is 151 Å². The summed E-state index contributed by atoms with van der Waals surface area (Å²) < 4.78 is 8.08. The van der Waals surface area contributed by atoms with E-state index in [1.165, 1.54) is 0 Å². The van der Waals surface area contributed by atoms with Gasteiger partial charge in [-0.05, 0) is 42.0 Å². The normalized spacial score (nSPS) is 13.4. The van der Waals surface area contributed by atoms with Crippen LogP contribution >= 0.6 is 139 Å². The molecule has 0 saturated heterocycles. The summed E-state index contributed by atoms with van der Waals surface area (Å²) >= 11 is 69.9. The largest absolute Gasteiger partial charge is 0.497 e. The SMILES string of the molecule is COc1ccc(C=Cc2nc(C(Cl)(Cl)Cl)nc(C(Cl)(Cl)Cl)n2)cc1.ClC(Cl)(Cl)c1nc(-c2ccc3c(c2)OCO3)nc(C(Cl)(Cl)Cl)n1. The van der Waals surface area contributed by atoms with Crippen molar-refractivity contribution in [3.05, 3.63) is 77.2 Å². The second kappa shape index (κ2) is 15.5. The Morgan fingerprint density at radius 2 is 1.04 bits per heavy atom. The van der Waals surface area contributed by atoms with Crippen molar-refractivity contribution in [3.63, 3.8) is 0 Å². The number of nitrogens with zero attached hydrogens (tertiary/aromatic N) is 6. The molecule has 1 aliphatic heterocycles. The molecule has 4 aromatic rings. The van der Waals surface area contributed by atoms with Gasteiger partial charge in [0.15, 0.2) is 46.4 Å². The van der Waals surface area contributed by atoms with Gasteiger partial charge in [0, 0.05) is 5.56 Å². The number of alkyl halides is 12. The minimum absolute atomic E-state index is 0.134. The van der Waals surface area contributed by atoms with Gasteiger partial charge >= 0.3 is 0 Å². The molecule has 0 saturated carbocycles. The van der Waals surface area contributed by atoms with Crippen LogP contribution in [-0.4, -0.2) is 43.8 Å². The van der Waals surface area contributed by atoms with Crippen molar-refractivity contribution in [3.8, 4) is 28.6 Å². The molecule has 5 rings (SSSR count). The molecule has 0 amide bonds. The van der Waals surface area contributed by atoms with E-state index in [0.29, 0.717) is 17.1 Å². The van der Waals surface area contributed by atoms with Gasteiger partial charge in [0.2, 0.25) is 22.0 Å². The summed E-state index contributed by atoms with van der Waals surface area (Å²) in [6.07, 6.45) is 3.34. The van der Waals surface area contributed by atoms with E-state index in [9.17, 15) is 0 Å². The molecule has 47 heavy (non-hydrogen) atoms. The third-order valence-electron chi connectivity index (χ3n) is 5.47. The summed E-state index contributed by atoms with van der Waals surface area (Å²) in [5.41, 5.74) is 1.43. The van der Waals surface area contributed by atoms with E-state index in [4.69, 9.17) is 153 Å². The highest BCUT2D eigenvalue weighted by Crippen LogP contribution is 2.42. The molecule has 0 atom stereocenters. The van der Waals surface area contributed by atoms with E-state index in [0.717, 1.165) is 11.3 Å². The Hall–Kier alpha value is -0.920. The van der Waals surface area contributed by atoms with Gasteiger partial charge in [0.05, 0.1) is 7.11 Å². The van der Waals surface area contributed by atoms with Crippen LogP contribution in [0.4, 0.5) is 0 Å². The average Bonchev–Trinajstić information content (AvgIpc) is 3.47. The maximum absolute atomic E-state index is 5.84. The fourth-order valence-corrected chi connectivity index (χ4v) is 4.41. The number of aromatic nitrogens is 6. The van der Waals surface area contributed by atoms with E-state index in [1.54, 1.807) is 37.5 Å². The second-order valence-electron chi connectivity index (χ2n) is 8.81. The van der Waals surface area contributed by atoms with Crippen molar-refractivity contribution in [2.75, 3.05) is 13.9 Å². The molecule has 9 nitrogen and oxygen atoms in total. The van der Waals surface area contributed by atoms with Crippen LogP contribution in [0.15, 0.2) is 42.5 Å². The highest BCUT2D eigenvalue weighted by atomic mass is 35.6. The van der Waals surface area contributed by atoms with E-state index in [1.807, 2.05) is 24.3 Å².